The van der Waals surface area contributed by atoms with Crippen LogP contribution in [0.15, 0.2) is 253 Å². The number of hydrogen-bond donors (Lipinski definition) is 0. The van der Waals surface area contributed by atoms with Crippen LogP contribution in [-0.2, 0) is 0 Å². The van der Waals surface area contributed by atoms with Crippen LogP contribution >= 0.6 is 0 Å². The molecule has 0 atom stereocenters. The summed E-state index contributed by atoms with van der Waals surface area (Å²) >= 11 is 0. The molecule has 0 unspecified atom stereocenters. The summed E-state index contributed by atoms with van der Waals surface area (Å²) < 4.78 is 6.36. The van der Waals surface area contributed by atoms with Crippen LogP contribution < -0.4 is 0 Å². The second kappa shape index (κ2) is 16.2. The Morgan fingerprint density at radius 2 is 0.532 bits per heavy atom. The van der Waals surface area contributed by atoms with Gasteiger partial charge in [0.2, 0.25) is 0 Å². The van der Waals surface area contributed by atoms with Gasteiger partial charge in [0.25, 0.3) is 0 Å². The van der Waals surface area contributed by atoms with E-state index in [4.69, 9.17) is 4.42 Å². The molecular formula is C61H42O. The Hall–Kier alpha value is -8.00. The van der Waals surface area contributed by atoms with Crippen molar-refractivity contribution in [3.05, 3.63) is 265 Å². The topological polar surface area (TPSA) is 13.1 Å². The molecule has 11 rings (SSSR count). The summed E-state index contributed by atoms with van der Waals surface area (Å²) in [5.74, 6) is 0.0553. The van der Waals surface area contributed by atoms with Crippen molar-refractivity contribution in [1.29, 1.82) is 0 Å². The maximum Gasteiger partial charge on any atom is 0.143 e. The summed E-state index contributed by atoms with van der Waals surface area (Å²) in [5.41, 5.74) is 20.0. The third-order valence-corrected chi connectivity index (χ3v) is 12.3. The molecule has 0 spiro atoms. The van der Waals surface area contributed by atoms with Crippen LogP contribution in [0.1, 0.15) is 22.6 Å². The normalized spacial score (nSPS) is 11.4. The lowest BCUT2D eigenvalue weighted by atomic mass is 9.83. The summed E-state index contributed by atoms with van der Waals surface area (Å²) in [6, 6.07) is 89.8. The van der Waals surface area contributed by atoms with Gasteiger partial charge in [0.15, 0.2) is 0 Å². The first-order valence-corrected chi connectivity index (χ1v) is 21.3. The zero-order chi connectivity index (χ0) is 41.2. The first kappa shape index (κ1) is 37.0. The van der Waals surface area contributed by atoms with E-state index in [0.29, 0.717) is 0 Å². The minimum atomic E-state index is 0.0553. The highest BCUT2D eigenvalue weighted by molar-refractivity contribution is 6.09. The van der Waals surface area contributed by atoms with Gasteiger partial charge in [-0.2, -0.15) is 0 Å². The van der Waals surface area contributed by atoms with E-state index < -0.39 is 0 Å². The predicted octanol–water partition coefficient (Wildman–Crippen LogP) is 16.8. The van der Waals surface area contributed by atoms with Crippen LogP contribution in [0.25, 0.3) is 88.7 Å². The molecule has 0 aliphatic heterocycles. The fourth-order valence-corrected chi connectivity index (χ4v) is 8.97. The maximum atomic E-state index is 6.36. The quantitative estimate of drug-likeness (QED) is 0.133. The van der Waals surface area contributed by atoms with Crippen LogP contribution in [0.2, 0.25) is 0 Å². The van der Waals surface area contributed by atoms with Gasteiger partial charge in [0, 0.05) is 22.3 Å². The fourth-order valence-electron chi connectivity index (χ4n) is 8.97. The van der Waals surface area contributed by atoms with Gasteiger partial charge in [-0.25, -0.2) is 0 Å². The highest BCUT2D eigenvalue weighted by Gasteiger charge is 2.18. The predicted molar refractivity (Wildman–Crippen MR) is 260 cm³/mol. The summed E-state index contributed by atoms with van der Waals surface area (Å²) in [6.45, 7) is 0. The second-order valence-corrected chi connectivity index (χ2v) is 16.0. The Morgan fingerprint density at radius 3 is 0.935 bits per heavy atom. The fraction of sp³-hybridized carbons (Fsp3) is 0.0164. The van der Waals surface area contributed by atoms with Crippen molar-refractivity contribution in [1.82, 2.24) is 0 Å². The Morgan fingerprint density at radius 1 is 0.226 bits per heavy atom. The van der Waals surface area contributed by atoms with Gasteiger partial charge in [-0.1, -0.05) is 243 Å². The number of hydrogen-bond acceptors (Lipinski definition) is 1. The van der Waals surface area contributed by atoms with Crippen LogP contribution in [0.5, 0.6) is 0 Å². The maximum absolute atomic E-state index is 6.36. The summed E-state index contributed by atoms with van der Waals surface area (Å²) in [5, 5.41) is 2.29. The van der Waals surface area contributed by atoms with Crippen LogP contribution in [0.4, 0.5) is 0 Å². The van der Waals surface area contributed by atoms with Crippen LogP contribution in [0.3, 0.4) is 0 Å². The Kier molecular flexibility index (Phi) is 9.69. The number of para-hydroxylation sites is 2. The van der Waals surface area contributed by atoms with E-state index in [1.54, 1.807) is 0 Å². The standard InChI is InChI=1S/C61H42O/c1-3-10-42(11-4-1)44-18-22-46(23-19-44)49-28-36-53(37-29-49)60(54-38-30-50(31-39-54)47-24-20-45(21-25-47)43-12-5-2-6-13-43)55-40-32-51(33-41-55)48-26-34-52(35-27-48)56-15-9-16-58-57-14-7-8-17-59(57)62-61(56)58/h1-41,60H. The van der Waals surface area contributed by atoms with E-state index in [1.165, 1.54) is 72.3 Å². The summed E-state index contributed by atoms with van der Waals surface area (Å²) in [4.78, 5) is 0. The van der Waals surface area contributed by atoms with Gasteiger partial charge in [0.05, 0.1) is 0 Å². The van der Waals surface area contributed by atoms with Crippen molar-refractivity contribution in [2.24, 2.45) is 0 Å². The van der Waals surface area contributed by atoms with Crippen molar-refractivity contribution in [2.45, 2.75) is 5.92 Å². The molecule has 1 heteroatoms. The average molecular weight is 791 g/mol. The monoisotopic (exact) mass is 790 g/mol. The van der Waals surface area contributed by atoms with E-state index in [2.05, 4.69) is 237 Å². The Labute approximate surface area is 362 Å². The molecule has 0 fully saturated rings. The third kappa shape index (κ3) is 7.21. The highest BCUT2D eigenvalue weighted by atomic mass is 16.3. The second-order valence-electron chi connectivity index (χ2n) is 16.0. The van der Waals surface area contributed by atoms with Crippen molar-refractivity contribution in [3.8, 4) is 66.8 Å². The van der Waals surface area contributed by atoms with Crippen LogP contribution in [0, 0.1) is 0 Å². The smallest absolute Gasteiger partial charge is 0.143 e. The van der Waals surface area contributed by atoms with E-state index in [-0.39, 0.29) is 5.92 Å². The Bertz CT molecular complexity index is 3130. The van der Waals surface area contributed by atoms with Gasteiger partial charge >= 0.3 is 0 Å². The highest BCUT2D eigenvalue weighted by Crippen LogP contribution is 2.39. The zero-order valence-corrected chi connectivity index (χ0v) is 34.2. The molecule has 292 valence electrons. The summed E-state index contributed by atoms with van der Waals surface area (Å²) in [7, 11) is 0. The molecule has 0 saturated carbocycles. The first-order chi connectivity index (χ1) is 30.7. The average Bonchev–Trinajstić information content (AvgIpc) is 3.75. The van der Waals surface area contributed by atoms with Gasteiger partial charge < -0.3 is 4.42 Å². The van der Waals surface area contributed by atoms with Crippen molar-refractivity contribution < 1.29 is 4.42 Å². The van der Waals surface area contributed by atoms with E-state index in [1.807, 2.05) is 12.1 Å². The molecule has 10 aromatic carbocycles. The molecule has 0 bridgehead atoms. The van der Waals surface area contributed by atoms with Crippen molar-refractivity contribution in [2.75, 3.05) is 0 Å². The largest absolute Gasteiger partial charge is 0.455 e. The van der Waals surface area contributed by atoms with Gasteiger partial charge in [-0.3, -0.25) is 0 Å². The van der Waals surface area contributed by atoms with Gasteiger partial charge in [-0.05, 0) is 84.0 Å². The Balaban J connectivity index is 0.896. The van der Waals surface area contributed by atoms with Crippen LogP contribution in [-0.4, -0.2) is 0 Å². The minimum Gasteiger partial charge on any atom is -0.455 e. The number of rotatable bonds is 9. The molecule has 0 aliphatic rings. The molecule has 1 heterocycles. The van der Waals surface area contributed by atoms with Gasteiger partial charge in [0.1, 0.15) is 11.2 Å². The lowest BCUT2D eigenvalue weighted by Crippen LogP contribution is -2.03. The molecule has 62 heavy (non-hydrogen) atoms. The molecule has 1 nitrogen and oxygen atoms in total. The van der Waals surface area contributed by atoms with Gasteiger partial charge in [-0.15, -0.1) is 0 Å². The number of fused-ring (bicyclic) bond motifs is 3. The molecule has 0 aliphatic carbocycles. The third-order valence-electron chi connectivity index (χ3n) is 12.3. The molecule has 11 aromatic rings. The SMILES string of the molecule is c1ccc(-c2ccc(-c3ccc(C(c4ccc(-c5ccc(-c6ccccc6)cc5)cc4)c4ccc(-c5ccc(-c6cccc7c6oc6ccccc67)cc5)cc4)cc3)cc2)cc1. The molecule has 1 aromatic heterocycles. The molecule has 0 radical (unpaired) electrons. The van der Waals surface area contributed by atoms with Crippen molar-refractivity contribution >= 4 is 21.9 Å². The summed E-state index contributed by atoms with van der Waals surface area (Å²) in [6.07, 6.45) is 0. The molecule has 0 N–H and O–H groups in total. The first-order valence-electron chi connectivity index (χ1n) is 21.3. The minimum absolute atomic E-state index is 0.0553. The molecule has 0 saturated heterocycles. The lowest BCUT2D eigenvalue weighted by Gasteiger charge is -2.20. The molecular weight excluding hydrogens is 749 g/mol. The lowest BCUT2D eigenvalue weighted by molar-refractivity contribution is 0.670. The molecule has 0 amide bonds. The van der Waals surface area contributed by atoms with E-state index >= 15 is 0 Å². The van der Waals surface area contributed by atoms with E-state index in [9.17, 15) is 0 Å². The number of furan rings is 1. The van der Waals surface area contributed by atoms with Crippen molar-refractivity contribution in [3.63, 3.8) is 0 Å². The van der Waals surface area contributed by atoms with E-state index in [0.717, 1.165) is 33.1 Å². The zero-order valence-electron chi connectivity index (χ0n) is 34.2. The number of benzene rings is 10.